The molecule has 0 saturated heterocycles. The molecule has 0 atom stereocenters. The first-order chi connectivity index (χ1) is 12.3. The minimum absolute atomic E-state index is 0.176. The Bertz CT molecular complexity index is 499. The molecule has 0 aliphatic rings. The first kappa shape index (κ1) is 26.2. The fourth-order valence-corrected chi connectivity index (χ4v) is 3.31. The van der Waals surface area contributed by atoms with Gasteiger partial charge in [0.05, 0.1) is 0 Å². The van der Waals surface area contributed by atoms with Crippen LogP contribution < -0.4 is 0 Å². The van der Waals surface area contributed by atoms with Crippen LogP contribution in [0.2, 0.25) is 0 Å². The Morgan fingerprint density at radius 1 is 1.04 bits per heavy atom. The zero-order valence-corrected chi connectivity index (χ0v) is 17.4. The molecule has 146 valence electrons. The number of hydrogen-bond acceptors (Lipinski definition) is 4. The van der Waals surface area contributed by atoms with Crippen LogP contribution in [-0.4, -0.2) is 39.7 Å². The van der Waals surface area contributed by atoms with Crippen molar-refractivity contribution in [1.29, 1.82) is 0 Å². The van der Waals surface area contributed by atoms with Gasteiger partial charge in [0.2, 0.25) is 0 Å². The Morgan fingerprint density at radius 3 is 1.62 bits per heavy atom. The summed E-state index contributed by atoms with van der Waals surface area (Å²) in [7, 11) is -2.51. The molecule has 0 spiro atoms. The van der Waals surface area contributed by atoms with Crippen LogP contribution in [0.5, 0.6) is 0 Å². The normalized spacial score (nSPS) is 9.69. The van der Waals surface area contributed by atoms with E-state index in [1.807, 2.05) is 57.2 Å². The lowest BCUT2D eigenvalue weighted by Crippen LogP contribution is -2.44. The van der Waals surface area contributed by atoms with E-state index in [0.29, 0.717) is 19.8 Å². The second-order valence-corrected chi connectivity index (χ2v) is 7.29. The molecule has 1 aromatic rings. The van der Waals surface area contributed by atoms with E-state index < -0.39 is 14.8 Å². The van der Waals surface area contributed by atoms with Crippen LogP contribution >= 0.6 is 0 Å². The van der Waals surface area contributed by atoms with Gasteiger partial charge in [0, 0.05) is 25.4 Å². The van der Waals surface area contributed by atoms with E-state index in [-0.39, 0.29) is 5.57 Å². The predicted octanol–water partition coefficient (Wildman–Crippen LogP) is 4.74. The molecule has 6 heteroatoms. The molecule has 0 radical (unpaired) electrons. The number of hydrogen-bond donors (Lipinski definition) is 1. The van der Waals surface area contributed by atoms with E-state index in [2.05, 4.69) is 19.7 Å². The van der Waals surface area contributed by atoms with Crippen LogP contribution in [0.25, 0.3) is 6.08 Å². The molecule has 0 fully saturated rings. The van der Waals surface area contributed by atoms with Crippen molar-refractivity contribution in [2.45, 2.75) is 27.7 Å². The Morgan fingerprint density at radius 2 is 1.42 bits per heavy atom. The average molecular weight is 381 g/mol. The van der Waals surface area contributed by atoms with Crippen molar-refractivity contribution in [3.05, 3.63) is 66.9 Å². The highest BCUT2D eigenvalue weighted by atomic mass is 28.4. The van der Waals surface area contributed by atoms with Crippen molar-refractivity contribution < 1.29 is 23.2 Å². The SMILES string of the molecule is C=C(C)C(=O)O.C=C[Si](OCC)(OCC)OCC.C=Cc1ccccc1. The van der Waals surface area contributed by atoms with Gasteiger partial charge in [0.1, 0.15) is 0 Å². The molecule has 5 nitrogen and oxygen atoms in total. The third-order valence-corrected chi connectivity index (χ3v) is 5.26. The van der Waals surface area contributed by atoms with Gasteiger partial charge in [0.25, 0.3) is 0 Å². The quantitative estimate of drug-likeness (QED) is 0.495. The molecule has 0 heterocycles. The topological polar surface area (TPSA) is 65.0 Å². The van der Waals surface area contributed by atoms with E-state index in [9.17, 15) is 4.79 Å². The molecular weight excluding hydrogens is 348 g/mol. The van der Waals surface area contributed by atoms with Gasteiger partial charge in [-0.3, -0.25) is 0 Å². The standard InChI is InChI=1S/C8H18O3Si.C8H8.C4H6O2/c1-5-9-12(8-4,10-6-2)11-7-3;1-2-8-6-4-3-5-7-8;1-3(2)4(5)6/h8H,4-7H2,1-3H3;2-7H,1H2;1H2,2H3,(H,5,6). The lowest BCUT2D eigenvalue weighted by Gasteiger charge is -2.24. The van der Waals surface area contributed by atoms with Crippen LogP contribution in [0.1, 0.15) is 33.3 Å². The molecule has 1 N–H and O–H groups in total. The summed E-state index contributed by atoms with van der Waals surface area (Å²) < 4.78 is 16.3. The molecule has 26 heavy (non-hydrogen) atoms. The summed E-state index contributed by atoms with van der Waals surface area (Å²) in [5, 5.41) is 7.89. The second kappa shape index (κ2) is 16.5. The molecule has 1 rings (SSSR count). The average Bonchev–Trinajstić information content (AvgIpc) is 2.64. The summed E-state index contributed by atoms with van der Waals surface area (Å²) in [6.07, 6.45) is 1.83. The molecule has 0 saturated carbocycles. The third kappa shape index (κ3) is 13.3. The van der Waals surface area contributed by atoms with Crippen molar-refractivity contribution in [3.63, 3.8) is 0 Å². The molecule has 0 aliphatic heterocycles. The Labute approximate surface area is 159 Å². The van der Waals surface area contributed by atoms with Crippen molar-refractivity contribution in [2.24, 2.45) is 0 Å². The van der Waals surface area contributed by atoms with Crippen LogP contribution in [0.3, 0.4) is 0 Å². The first-order valence-electron chi connectivity index (χ1n) is 8.44. The van der Waals surface area contributed by atoms with Gasteiger partial charge in [-0.25, -0.2) is 4.79 Å². The molecule has 0 aromatic heterocycles. The number of carboxylic acids is 1. The van der Waals surface area contributed by atoms with Gasteiger partial charge in [-0.05, 0) is 39.0 Å². The van der Waals surface area contributed by atoms with Crippen LogP contribution in [0, 0.1) is 0 Å². The molecule has 1 aromatic carbocycles. The maximum absolute atomic E-state index is 9.60. The van der Waals surface area contributed by atoms with E-state index in [0.717, 1.165) is 0 Å². The Kier molecular flexibility index (Phi) is 16.6. The summed E-state index contributed by atoms with van der Waals surface area (Å²) in [4.78, 5) is 9.60. The van der Waals surface area contributed by atoms with Crippen LogP contribution in [0.4, 0.5) is 0 Å². The monoisotopic (exact) mass is 380 g/mol. The van der Waals surface area contributed by atoms with Gasteiger partial charge in [-0.15, -0.1) is 0 Å². The highest BCUT2D eigenvalue weighted by molar-refractivity contribution is 6.66. The van der Waals surface area contributed by atoms with Crippen molar-refractivity contribution >= 4 is 20.8 Å². The van der Waals surface area contributed by atoms with E-state index >= 15 is 0 Å². The lowest BCUT2D eigenvalue weighted by molar-refractivity contribution is -0.132. The summed E-state index contributed by atoms with van der Waals surface area (Å²) in [6.45, 7) is 19.5. The number of rotatable bonds is 9. The zero-order valence-electron chi connectivity index (χ0n) is 16.4. The third-order valence-electron chi connectivity index (χ3n) is 2.69. The maximum atomic E-state index is 9.60. The number of carboxylic acid groups (broad SMARTS) is 1. The molecule has 0 aliphatic carbocycles. The summed E-state index contributed by atoms with van der Waals surface area (Å²) >= 11 is 0. The Hall–Kier alpha value is -1.99. The van der Waals surface area contributed by atoms with Crippen molar-refractivity contribution in [3.8, 4) is 0 Å². The maximum Gasteiger partial charge on any atom is 0.528 e. The van der Waals surface area contributed by atoms with Gasteiger partial charge in [-0.1, -0.05) is 56.1 Å². The highest BCUT2D eigenvalue weighted by Crippen LogP contribution is 2.10. The van der Waals surface area contributed by atoms with Crippen molar-refractivity contribution in [1.82, 2.24) is 0 Å². The van der Waals surface area contributed by atoms with E-state index in [4.69, 9.17) is 18.4 Å². The van der Waals surface area contributed by atoms with E-state index in [1.165, 1.54) is 12.5 Å². The Balaban J connectivity index is 0. The lowest BCUT2D eigenvalue weighted by atomic mass is 10.2. The van der Waals surface area contributed by atoms with Crippen LogP contribution in [0.15, 0.2) is 61.3 Å². The summed E-state index contributed by atoms with van der Waals surface area (Å²) in [5.41, 5.74) is 3.02. The molecule has 0 unspecified atom stereocenters. The summed E-state index contributed by atoms with van der Waals surface area (Å²) in [5.74, 6) is -0.935. The van der Waals surface area contributed by atoms with Gasteiger partial charge in [0.15, 0.2) is 0 Å². The largest absolute Gasteiger partial charge is 0.528 e. The smallest absolute Gasteiger partial charge is 0.478 e. The fraction of sp³-hybridized carbons (Fsp3) is 0.350. The first-order valence-corrected chi connectivity index (χ1v) is 10.2. The second-order valence-electron chi connectivity index (χ2n) is 4.81. The fourth-order valence-electron chi connectivity index (χ4n) is 1.49. The number of carbonyl (C=O) groups is 1. The van der Waals surface area contributed by atoms with Gasteiger partial charge >= 0.3 is 14.8 Å². The molecule has 0 amide bonds. The highest BCUT2D eigenvalue weighted by Gasteiger charge is 2.36. The predicted molar refractivity (Wildman–Crippen MR) is 110 cm³/mol. The van der Waals surface area contributed by atoms with Gasteiger partial charge in [-0.2, -0.15) is 0 Å². The molecule has 0 bridgehead atoms. The number of benzene rings is 1. The van der Waals surface area contributed by atoms with Crippen LogP contribution in [-0.2, 0) is 18.1 Å². The van der Waals surface area contributed by atoms with Gasteiger partial charge < -0.3 is 18.4 Å². The summed E-state index contributed by atoms with van der Waals surface area (Å²) in [6, 6.07) is 10.0. The van der Waals surface area contributed by atoms with Crippen molar-refractivity contribution in [2.75, 3.05) is 19.8 Å². The zero-order chi connectivity index (χ0) is 20.4. The minimum atomic E-state index is -2.51. The minimum Gasteiger partial charge on any atom is -0.478 e. The molecular formula is C20H32O5Si. The number of aliphatic carboxylic acids is 1. The van der Waals surface area contributed by atoms with E-state index in [1.54, 1.807) is 5.70 Å².